The van der Waals surface area contributed by atoms with Crippen molar-refractivity contribution in [3.05, 3.63) is 60.8 Å². The minimum Gasteiger partial charge on any atom is -0.497 e. The Morgan fingerprint density at radius 2 is 1.58 bits per heavy atom. The van der Waals surface area contributed by atoms with E-state index >= 15 is 0 Å². The monoisotopic (exact) mass is 321 g/mol. The van der Waals surface area contributed by atoms with Crippen LogP contribution in [0.25, 0.3) is 10.9 Å². The number of nitrogens with zero attached hydrogens (tertiary/aromatic N) is 1. The number of methoxy groups -OCH3 is 1. The molecule has 0 saturated heterocycles. The zero-order valence-corrected chi connectivity index (χ0v) is 12.9. The van der Waals surface area contributed by atoms with Crippen LogP contribution in [0.15, 0.2) is 60.8 Å². The zero-order chi connectivity index (χ0) is 16.9. The van der Waals surface area contributed by atoms with Crippen molar-refractivity contribution >= 4 is 34.1 Å². The number of hydrogen-bond acceptors (Lipinski definition) is 4. The number of nitrogens with one attached hydrogen (secondary N) is 2. The summed E-state index contributed by atoms with van der Waals surface area (Å²) in [6.45, 7) is 0. The van der Waals surface area contributed by atoms with Crippen molar-refractivity contribution in [2.24, 2.45) is 0 Å². The summed E-state index contributed by atoms with van der Waals surface area (Å²) in [6, 6.07) is 16.0. The van der Waals surface area contributed by atoms with Gasteiger partial charge in [-0.15, -0.1) is 0 Å². The van der Waals surface area contributed by atoms with Crippen LogP contribution in [-0.2, 0) is 9.59 Å². The van der Waals surface area contributed by atoms with E-state index in [9.17, 15) is 9.59 Å². The highest BCUT2D eigenvalue weighted by molar-refractivity contribution is 6.43. The molecule has 3 aromatic rings. The number of hydrogen-bond donors (Lipinski definition) is 2. The molecule has 6 heteroatoms. The molecular formula is C18H15N3O3. The highest BCUT2D eigenvalue weighted by Gasteiger charge is 2.14. The fourth-order valence-corrected chi connectivity index (χ4v) is 2.19. The molecule has 0 saturated carbocycles. The van der Waals surface area contributed by atoms with Gasteiger partial charge in [0.25, 0.3) is 0 Å². The van der Waals surface area contributed by atoms with Gasteiger partial charge in [0.05, 0.1) is 24.5 Å². The minimum atomic E-state index is -0.761. The molecule has 24 heavy (non-hydrogen) atoms. The number of ether oxygens (including phenoxy) is 1. The lowest BCUT2D eigenvalue weighted by Crippen LogP contribution is -2.29. The molecule has 3 rings (SSSR count). The lowest BCUT2D eigenvalue weighted by Gasteiger charge is -2.07. The highest BCUT2D eigenvalue weighted by atomic mass is 16.5. The molecule has 2 N–H and O–H groups in total. The Hall–Kier alpha value is -3.41. The van der Waals surface area contributed by atoms with Crippen molar-refractivity contribution in [2.45, 2.75) is 0 Å². The quantitative estimate of drug-likeness (QED) is 0.727. The minimum absolute atomic E-state index is 0.462. The summed E-state index contributed by atoms with van der Waals surface area (Å²) >= 11 is 0. The zero-order valence-electron chi connectivity index (χ0n) is 12.9. The van der Waals surface area contributed by atoms with Crippen LogP contribution in [0, 0.1) is 0 Å². The smallest absolute Gasteiger partial charge is 0.314 e. The van der Waals surface area contributed by atoms with Gasteiger partial charge in [-0.3, -0.25) is 14.6 Å². The molecule has 0 bridgehead atoms. The molecule has 120 valence electrons. The van der Waals surface area contributed by atoms with Gasteiger partial charge in [0.2, 0.25) is 0 Å². The normalized spacial score (nSPS) is 10.2. The lowest BCUT2D eigenvalue weighted by atomic mass is 10.2. The van der Waals surface area contributed by atoms with Crippen LogP contribution >= 0.6 is 0 Å². The molecule has 0 unspecified atom stereocenters. The van der Waals surface area contributed by atoms with E-state index in [1.165, 1.54) is 6.20 Å². The van der Waals surface area contributed by atoms with Gasteiger partial charge < -0.3 is 15.4 Å². The highest BCUT2D eigenvalue weighted by Crippen LogP contribution is 2.17. The van der Waals surface area contributed by atoms with Crippen molar-refractivity contribution in [3.63, 3.8) is 0 Å². The number of fused-ring (bicyclic) bond motifs is 1. The molecule has 0 spiro atoms. The van der Waals surface area contributed by atoms with E-state index in [0.29, 0.717) is 17.1 Å². The first-order valence-electron chi connectivity index (χ1n) is 7.27. The van der Waals surface area contributed by atoms with Crippen molar-refractivity contribution in [1.82, 2.24) is 4.98 Å². The molecular weight excluding hydrogens is 306 g/mol. The summed E-state index contributed by atoms with van der Waals surface area (Å²) in [5.74, 6) is -0.851. The molecule has 0 aliphatic heterocycles. The molecule has 0 radical (unpaired) electrons. The molecule has 0 atom stereocenters. The predicted molar refractivity (Wildman–Crippen MR) is 92.0 cm³/mol. The third-order valence-electron chi connectivity index (χ3n) is 3.40. The average Bonchev–Trinajstić information content (AvgIpc) is 2.62. The molecule has 6 nitrogen and oxygen atoms in total. The summed E-state index contributed by atoms with van der Waals surface area (Å²) in [5.41, 5.74) is 1.79. The fourth-order valence-electron chi connectivity index (χ4n) is 2.19. The maximum absolute atomic E-state index is 12.0. The number of anilines is 2. The van der Waals surface area contributed by atoms with Crippen LogP contribution in [0.3, 0.4) is 0 Å². The van der Waals surface area contributed by atoms with E-state index in [2.05, 4.69) is 15.6 Å². The number of aromatic nitrogens is 1. The van der Waals surface area contributed by atoms with E-state index in [4.69, 9.17) is 4.74 Å². The second kappa shape index (κ2) is 6.78. The Bertz CT molecular complexity index is 891. The summed E-state index contributed by atoms with van der Waals surface area (Å²) in [5, 5.41) is 5.94. The van der Waals surface area contributed by atoms with Gasteiger partial charge >= 0.3 is 11.8 Å². The van der Waals surface area contributed by atoms with Crippen molar-refractivity contribution < 1.29 is 14.3 Å². The van der Waals surface area contributed by atoms with Crippen LogP contribution in [0.2, 0.25) is 0 Å². The molecule has 1 aromatic heterocycles. The first kappa shape index (κ1) is 15.5. The summed E-state index contributed by atoms with van der Waals surface area (Å²) < 4.78 is 5.04. The first-order valence-corrected chi connectivity index (χ1v) is 7.27. The number of benzene rings is 2. The number of para-hydroxylation sites is 1. The van der Waals surface area contributed by atoms with Crippen LogP contribution in [-0.4, -0.2) is 23.9 Å². The van der Waals surface area contributed by atoms with Crippen molar-refractivity contribution in [1.29, 1.82) is 0 Å². The molecule has 2 aromatic carbocycles. The van der Waals surface area contributed by atoms with Gasteiger partial charge in [-0.1, -0.05) is 18.2 Å². The lowest BCUT2D eigenvalue weighted by molar-refractivity contribution is -0.132. The van der Waals surface area contributed by atoms with Crippen molar-refractivity contribution in [3.8, 4) is 5.75 Å². The Kier molecular flexibility index (Phi) is 4.38. The third kappa shape index (κ3) is 3.49. The maximum atomic E-state index is 12.0. The van der Waals surface area contributed by atoms with E-state index in [0.717, 1.165) is 10.9 Å². The molecule has 0 aliphatic rings. The Balaban J connectivity index is 1.67. The van der Waals surface area contributed by atoms with Gasteiger partial charge in [-0.25, -0.2) is 0 Å². The van der Waals surface area contributed by atoms with E-state index in [1.807, 2.05) is 24.3 Å². The Labute approximate surface area is 138 Å². The third-order valence-corrected chi connectivity index (χ3v) is 3.40. The fraction of sp³-hybridized carbons (Fsp3) is 0.0556. The summed E-state index contributed by atoms with van der Waals surface area (Å²) in [6.07, 6.45) is 1.51. The average molecular weight is 321 g/mol. The van der Waals surface area contributed by atoms with Gasteiger partial charge in [0, 0.05) is 11.1 Å². The first-order chi connectivity index (χ1) is 11.7. The second-order valence-corrected chi connectivity index (χ2v) is 5.05. The standard InChI is InChI=1S/C18H15N3O3/c1-24-15-8-6-13(7-9-15)20-17(22)18(23)21-14-10-12-4-2-3-5-16(12)19-11-14/h2-11H,1H3,(H,20,22)(H,21,23). The molecule has 1 heterocycles. The molecule has 2 amide bonds. The largest absolute Gasteiger partial charge is 0.497 e. The van der Waals surface area contributed by atoms with Crippen LogP contribution in [0.1, 0.15) is 0 Å². The van der Waals surface area contributed by atoms with Crippen LogP contribution < -0.4 is 15.4 Å². The van der Waals surface area contributed by atoms with E-state index in [-0.39, 0.29) is 0 Å². The predicted octanol–water partition coefficient (Wildman–Crippen LogP) is 2.82. The second-order valence-electron chi connectivity index (χ2n) is 5.05. The van der Waals surface area contributed by atoms with Crippen LogP contribution in [0.5, 0.6) is 5.75 Å². The van der Waals surface area contributed by atoms with Gasteiger partial charge in [0.15, 0.2) is 0 Å². The Morgan fingerprint density at radius 1 is 0.917 bits per heavy atom. The van der Waals surface area contributed by atoms with Gasteiger partial charge in [-0.05, 0) is 36.4 Å². The topological polar surface area (TPSA) is 80.3 Å². The number of rotatable bonds is 3. The van der Waals surface area contributed by atoms with Gasteiger partial charge in [0.1, 0.15) is 5.75 Å². The maximum Gasteiger partial charge on any atom is 0.314 e. The Morgan fingerprint density at radius 3 is 2.29 bits per heavy atom. The summed E-state index contributed by atoms with van der Waals surface area (Å²) in [4.78, 5) is 28.2. The van der Waals surface area contributed by atoms with E-state index in [1.54, 1.807) is 37.4 Å². The number of amides is 2. The van der Waals surface area contributed by atoms with Gasteiger partial charge in [-0.2, -0.15) is 0 Å². The summed E-state index contributed by atoms with van der Waals surface area (Å²) in [7, 11) is 1.55. The number of carbonyl (C=O) groups is 2. The van der Waals surface area contributed by atoms with Crippen molar-refractivity contribution in [2.75, 3.05) is 17.7 Å². The molecule has 0 aliphatic carbocycles. The number of pyridine rings is 1. The number of carbonyl (C=O) groups excluding carboxylic acids is 2. The SMILES string of the molecule is COc1ccc(NC(=O)C(=O)Nc2cnc3ccccc3c2)cc1. The van der Waals surface area contributed by atoms with Crippen LogP contribution in [0.4, 0.5) is 11.4 Å². The molecule has 0 fully saturated rings. The van der Waals surface area contributed by atoms with E-state index < -0.39 is 11.8 Å².